The van der Waals surface area contributed by atoms with Crippen molar-refractivity contribution in [1.29, 1.82) is 0 Å². The Labute approximate surface area is 181 Å². The molecule has 1 amide bonds. The van der Waals surface area contributed by atoms with E-state index in [-0.39, 0.29) is 17.8 Å². The van der Waals surface area contributed by atoms with E-state index in [4.69, 9.17) is 21.1 Å². The quantitative estimate of drug-likeness (QED) is 0.725. The van der Waals surface area contributed by atoms with E-state index in [9.17, 15) is 13.2 Å². The van der Waals surface area contributed by atoms with Gasteiger partial charge in [-0.15, -0.1) is 0 Å². The van der Waals surface area contributed by atoms with E-state index in [0.29, 0.717) is 47.3 Å². The van der Waals surface area contributed by atoms with Crippen molar-refractivity contribution in [3.63, 3.8) is 0 Å². The minimum Gasteiger partial charge on any atom is -0.489 e. The molecule has 1 atom stereocenters. The summed E-state index contributed by atoms with van der Waals surface area (Å²) in [5.41, 5.74) is 1.43. The first kappa shape index (κ1) is 21.0. The highest BCUT2D eigenvalue weighted by atomic mass is 35.5. The molecule has 0 saturated carbocycles. The third-order valence-electron chi connectivity index (χ3n) is 5.16. The molecule has 2 fully saturated rings. The maximum absolute atomic E-state index is 12.7. The largest absolute Gasteiger partial charge is 0.489 e. The molecular formula is C21H23ClN2O5S. The first-order valence-electron chi connectivity index (χ1n) is 9.88. The number of nitrogens with one attached hydrogen (secondary N) is 1. The lowest BCUT2D eigenvalue weighted by Gasteiger charge is -2.17. The molecule has 1 unspecified atom stereocenters. The lowest BCUT2D eigenvalue weighted by Crippen LogP contribution is -2.25. The zero-order valence-corrected chi connectivity index (χ0v) is 17.9. The van der Waals surface area contributed by atoms with Crippen LogP contribution >= 0.6 is 11.6 Å². The Bertz CT molecular complexity index is 1020. The van der Waals surface area contributed by atoms with Crippen LogP contribution in [0.15, 0.2) is 42.5 Å². The van der Waals surface area contributed by atoms with Gasteiger partial charge in [0.25, 0.3) is 5.91 Å². The molecule has 2 heterocycles. The van der Waals surface area contributed by atoms with Crippen LogP contribution in [0.5, 0.6) is 5.75 Å². The maximum atomic E-state index is 12.7. The summed E-state index contributed by atoms with van der Waals surface area (Å²) in [6.45, 7) is 1.61. The number of hydrogen-bond donors (Lipinski definition) is 1. The molecule has 4 rings (SSSR count). The Morgan fingerprint density at radius 3 is 2.67 bits per heavy atom. The Balaban J connectivity index is 1.46. The highest BCUT2D eigenvalue weighted by Gasteiger charge is 2.28. The highest BCUT2D eigenvalue weighted by Crippen LogP contribution is 2.30. The monoisotopic (exact) mass is 450 g/mol. The number of rotatable bonds is 6. The Hall–Kier alpha value is -2.29. The van der Waals surface area contributed by atoms with Gasteiger partial charge in [0.15, 0.2) is 0 Å². The van der Waals surface area contributed by atoms with Crippen molar-refractivity contribution in [1.82, 2.24) is 0 Å². The van der Waals surface area contributed by atoms with Gasteiger partial charge in [-0.05, 0) is 61.7 Å². The van der Waals surface area contributed by atoms with Crippen molar-refractivity contribution in [3.05, 3.63) is 53.1 Å². The van der Waals surface area contributed by atoms with E-state index in [1.54, 1.807) is 42.5 Å². The summed E-state index contributed by atoms with van der Waals surface area (Å²) < 4.78 is 36.9. The number of carbonyl (C=O) groups excluding carboxylic acids is 1. The van der Waals surface area contributed by atoms with Crippen LogP contribution in [0, 0.1) is 0 Å². The molecule has 30 heavy (non-hydrogen) atoms. The predicted molar refractivity (Wildman–Crippen MR) is 116 cm³/mol. The van der Waals surface area contributed by atoms with Gasteiger partial charge in [-0.3, -0.25) is 9.10 Å². The zero-order chi connectivity index (χ0) is 21.1. The number of hydrogen-bond acceptors (Lipinski definition) is 5. The first-order valence-corrected chi connectivity index (χ1v) is 11.9. The number of amides is 1. The Morgan fingerprint density at radius 2 is 2.00 bits per heavy atom. The number of anilines is 2. The Kier molecular flexibility index (Phi) is 6.17. The number of benzene rings is 2. The average molecular weight is 451 g/mol. The summed E-state index contributed by atoms with van der Waals surface area (Å²) in [7, 11) is -3.25. The average Bonchev–Trinajstić information content (AvgIpc) is 3.36. The second-order valence-corrected chi connectivity index (χ2v) is 9.78. The van der Waals surface area contributed by atoms with Crippen LogP contribution in [0.3, 0.4) is 0 Å². The molecule has 0 bridgehead atoms. The smallest absolute Gasteiger partial charge is 0.255 e. The Morgan fingerprint density at radius 1 is 1.20 bits per heavy atom. The standard InChI is InChI=1S/C21H23ClN2O5S/c22-16-6-9-20(29-14-18-3-1-11-28-18)19(13-16)23-21(25)15-4-7-17(8-5-15)24-10-2-12-30(24,26)27/h4-9,13,18H,1-3,10-12,14H2,(H,23,25). The van der Waals surface area contributed by atoms with Crippen molar-refractivity contribution >= 4 is 38.9 Å². The minimum absolute atomic E-state index is 0.0543. The van der Waals surface area contributed by atoms with Crippen LogP contribution in [0.2, 0.25) is 5.02 Å². The molecule has 2 aromatic carbocycles. The van der Waals surface area contributed by atoms with E-state index in [0.717, 1.165) is 19.4 Å². The minimum atomic E-state index is -3.25. The number of ether oxygens (including phenoxy) is 2. The van der Waals surface area contributed by atoms with E-state index in [1.165, 1.54) is 4.31 Å². The molecule has 9 heteroatoms. The molecular weight excluding hydrogens is 428 g/mol. The summed E-state index contributed by atoms with van der Waals surface area (Å²) in [5, 5.41) is 3.30. The van der Waals surface area contributed by atoms with Crippen LogP contribution in [0.4, 0.5) is 11.4 Å². The fraction of sp³-hybridized carbons (Fsp3) is 0.381. The zero-order valence-electron chi connectivity index (χ0n) is 16.3. The maximum Gasteiger partial charge on any atom is 0.255 e. The molecule has 2 aliphatic heterocycles. The van der Waals surface area contributed by atoms with Crippen molar-refractivity contribution in [2.45, 2.75) is 25.4 Å². The fourth-order valence-corrected chi connectivity index (χ4v) is 5.32. The van der Waals surface area contributed by atoms with E-state index >= 15 is 0 Å². The molecule has 1 N–H and O–H groups in total. The van der Waals surface area contributed by atoms with Crippen molar-refractivity contribution in [2.75, 3.05) is 35.1 Å². The molecule has 160 valence electrons. The number of sulfonamides is 1. The van der Waals surface area contributed by atoms with Gasteiger partial charge in [-0.1, -0.05) is 11.6 Å². The molecule has 7 nitrogen and oxygen atoms in total. The first-order chi connectivity index (χ1) is 14.4. The summed E-state index contributed by atoms with van der Waals surface area (Å²) in [5.74, 6) is 0.330. The van der Waals surface area contributed by atoms with Gasteiger partial charge >= 0.3 is 0 Å². The van der Waals surface area contributed by atoms with Gasteiger partial charge in [0.1, 0.15) is 12.4 Å². The van der Waals surface area contributed by atoms with Crippen LogP contribution in [0.25, 0.3) is 0 Å². The molecule has 0 aromatic heterocycles. The number of carbonyl (C=O) groups is 1. The topological polar surface area (TPSA) is 84.9 Å². The molecule has 0 aliphatic carbocycles. The molecule has 0 radical (unpaired) electrons. The van der Waals surface area contributed by atoms with Crippen molar-refractivity contribution in [2.24, 2.45) is 0 Å². The third-order valence-corrected chi connectivity index (χ3v) is 7.26. The van der Waals surface area contributed by atoms with Gasteiger partial charge < -0.3 is 14.8 Å². The second kappa shape index (κ2) is 8.83. The number of halogens is 1. The predicted octanol–water partition coefficient (Wildman–Crippen LogP) is 3.69. The van der Waals surface area contributed by atoms with E-state index in [2.05, 4.69) is 5.32 Å². The van der Waals surface area contributed by atoms with E-state index < -0.39 is 10.0 Å². The normalized spacial score (nSPS) is 20.3. The van der Waals surface area contributed by atoms with Gasteiger partial charge in [-0.2, -0.15) is 0 Å². The lowest BCUT2D eigenvalue weighted by atomic mass is 10.2. The van der Waals surface area contributed by atoms with Gasteiger partial charge in [0.05, 0.1) is 23.2 Å². The third kappa shape index (κ3) is 4.71. The highest BCUT2D eigenvalue weighted by molar-refractivity contribution is 7.93. The summed E-state index contributed by atoms with van der Waals surface area (Å²) in [6.07, 6.45) is 2.63. The summed E-state index contributed by atoms with van der Waals surface area (Å²) in [6, 6.07) is 11.6. The van der Waals surface area contributed by atoms with Crippen molar-refractivity contribution in [3.8, 4) is 5.75 Å². The molecule has 2 aromatic rings. The SMILES string of the molecule is O=C(Nc1cc(Cl)ccc1OCC1CCCO1)c1ccc(N2CCCS2(=O)=O)cc1. The van der Waals surface area contributed by atoms with Gasteiger partial charge in [-0.25, -0.2) is 8.42 Å². The van der Waals surface area contributed by atoms with Gasteiger partial charge in [0.2, 0.25) is 10.0 Å². The van der Waals surface area contributed by atoms with E-state index in [1.807, 2.05) is 0 Å². The van der Waals surface area contributed by atoms with Crippen LogP contribution in [0.1, 0.15) is 29.6 Å². The molecule has 2 aliphatic rings. The second-order valence-electron chi connectivity index (χ2n) is 7.33. The lowest BCUT2D eigenvalue weighted by molar-refractivity contribution is 0.0682. The molecule has 2 saturated heterocycles. The summed E-state index contributed by atoms with van der Waals surface area (Å²) in [4.78, 5) is 12.7. The fourth-order valence-electron chi connectivity index (χ4n) is 3.59. The van der Waals surface area contributed by atoms with Gasteiger partial charge in [0, 0.05) is 23.7 Å². The molecule has 0 spiro atoms. The number of nitrogens with zero attached hydrogens (tertiary/aromatic N) is 1. The van der Waals surface area contributed by atoms with Crippen LogP contribution in [-0.2, 0) is 14.8 Å². The summed E-state index contributed by atoms with van der Waals surface area (Å²) >= 11 is 6.10. The van der Waals surface area contributed by atoms with Crippen LogP contribution < -0.4 is 14.4 Å². The van der Waals surface area contributed by atoms with Crippen molar-refractivity contribution < 1.29 is 22.7 Å². The van der Waals surface area contributed by atoms with Crippen LogP contribution in [-0.4, -0.2) is 45.9 Å².